The molecule has 0 bridgehead atoms. The SMILES string of the molecule is CCCOc1ccc(Br)nc1C(=O)OC. The normalized spacial score (nSPS) is 9.80. The van der Waals surface area contributed by atoms with E-state index in [1.54, 1.807) is 12.1 Å². The molecule has 5 heteroatoms. The van der Waals surface area contributed by atoms with E-state index in [-0.39, 0.29) is 5.69 Å². The number of carbonyl (C=O) groups is 1. The van der Waals surface area contributed by atoms with Crippen LogP contribution >= 0.6 is 15.9 Å². The van der Waals surface area contributed by atoms with Crippen LogP contribution < -0.4 is 4.74 Å². The first-order valence-electron chi connectivity index (χ1n) is 4.56. The maximum atomic E-state index is 11.4. The van der Waals surface area contributed by atoms with Crippen LogP contribution in [0.15, 0.2) is 16.7 Å². The monoisotopic (exact) mass is 273 g/mol. The first-order chi connectivity index (χ1) is 7.19. The third-order valence-corrected chi connectivity index (χ3v) is 2.11. The summed E-state index contributed by atoms with van der Waals surface area (Å²) in [7, 11) is 1.31. The average Bonchev–Trinajstić information content (AvgIpc) is 2.26. The predicted molar refractivity (Wildman–Crippen MR) is 59.1 cm³/mol. The lowest BCUT2D eigenvalue weighted by Gasteiger charge is -2.08. The molecule has 0 radical (unpaired) electrons. The number of hydrogen-bond acceptors (Lipinski definition) is 4. The van der Waals surface area contributed by atoms with Gasteiger partial charge in [0.05, 0.1) is 13.7 Å². The van der Waals surface area contributed by atoms with Gasteiger partial charge in [-0.2, -0.15) is 0 Å². The van der Waals surface area contributed by atoms with Crippen molar-refractivity contribution in [1.82, 2.24) is 4.98 Å². The van der Waals surface area contributed by atoms with E-state index < -0.39 is 5.97 Å². The first kappa shape index (κ1) is 12.0. The fourth-order valence-electron chi connectivity index (χ4n) is 0.994. The standard InChI is InChI=1S/C10H12BrNO3/c1-3-6-15-7-4-5-8(11)12-9(7)10(13)14-2/h4-5H,3,6H2,1-2H3. The zero-order valence-corrected chi connectivity index (χ0v) is 10.2. The van der Waals surface area contributed by atoms with E-state index in [4.69, 9.17) is 4.74 Å². The zero-order chi connectivity index (χ0) is 11.3. The highest BCUT2D eigenvalue weighted by atomic mass is 79.9. The Morgan fingerprint density at radius 3 is 2.87 bits per heavy atom. The molecule has 0 amide bonds. The molecule has 15 heavy (non-hydrogen) atoms. The number of nitrogens with zero attached hydrogens (tertiary/aromatic N) is 1. The second-order valence-corrected chi connectivity index (χ2v) is 3.63. The van der Waals surface area contributed by atoms with Crippen LogP contribution in [0.4, 0.5) is 0 Å². The minimum atomic E-state index is -0.498. The number of aromatic nitrogens is 1. The van der Waals surface area contributed by atoms with Crippen LogP contribution in [0.5, 0.6) is 5.75 Å². The summed E-state index contributed by atoms with van der Waals surface area (Å²) in [5.41, 5.74) is 0.195. The Hall–Kier alpha value is -1.10. The molecule has 0 aliphatic carbocycles. The van der Waals surface area contributed by atoms with Crippen molar-refractivity contribution < 1.29 is 14.3 Å². The molecular formula is C10H12BrNO3. The van der Waals surface area contributed by atoms with Crippen molar-refractivity contribution in [2.24, 2.45) is 0 Å². The molecular weight excluding hydrogens is 262 g/mol. The molecule has 0 atom stereocenters. The molecule has 82 valence electrons. The van der Waals surface area contributed by atoms with Gasteiger partial charge < -0.3 is 9.47 Å². The molecule has 0 aliphatic heterocycles. The lowest BCUT2D eigenvalue weighted by Crippen LogP contribution is -2.08. The highest BCUT2D eigenvalue weighted by Gasteiger charge is 2.15. The topological polar surface area (TPSA) is 48.4 Å². The number of halogens is 1. The van der Waals surface area contributed by atoms with Crippen molar-refractivity contribution in [3.8, 4) is 5.75 Å². The Labute approximate surface area is 96.7 Å². The fraction of sp³-hybridized carbons (Fsp3) is 0.400. The van der Waals surface area contributed by atoms with Crippen molar-refractivity contribution in [3.05, 3.63) is 22.4 Å². The van der Waals surface area contributed by atoms with Crippen molar-refractivity contribution in [3.63, 3.8) is 0 Å². The third-order valence-electron chi connectivity index (χ3n) is 1.66. The lowest BCUT2D eigenvalue weighted by molar-refractivity contribution is 0.0588. The maximum absolute atomic E-state index is 11.4. The number of pyridine rings is 1. The first-order valence-corrected chi connectivity index (χ1v) is 5.36. The molecule has 1 aromatic rings. The Morgan fingerprint density at radius 2 is 2.27 bits per heavy atom. The van der Waals surface area contributed by atoms with Gasteiger partial charge in [-0.25, -0.2) is 9.78 Å². The van der Waals surface area contributed by atoms with Crippen molar-refractivity contribution >= 4 is 21.9 Å². The second kappa shape index (κ2) is 5.70. The van der Waals surface area contributed by atoms with E-state index in [9.17, 15) is 4.79 Å². The second-order valence-electron chi connectivity index (χ2n) is 2.82. The molecule has 0 spiro atoms. The molecule has 0 fully saturated rings. The van der Waals surface area contributed by atoms with Gasteiger partial charge in [0.15, 0.2) is 11.4 Å². The van der Waals surface area contributed by atoms with Crippen LogP contribution in [0.2, 0.25) is 0 Å². The highest BCUT2D eigenvalue weighted by Crippen LogP contribution is 2.20. The number of hydrogen-bond donors (Lipinski definition) is 0. The summed E-state index contributed by atoms with van der Waals surface area (Å²) >= 11 is 3.19. The Kier molecular flexibility index (Phi) is 4.55. The van der Waals surface area contributed by atoms with Crippen molar-refractivity contribution in [2.75, 3.05) is 13.7 Å². The van der Waals surface area contributed by atoms with Gasteiger partial charge in [-0.05, 0) is 34.5 Å². The van der Waals surface area contributed by atoms with Gasteiger partial charge in [0.25, 0.3) is 0 Å². The van der Waals surface area contributed by atoms with E-state index in [0.29, 0.717) is 17.0 Å². The van der Waals surface area contributed by atoms with Crippen molar-refractivity contribution in [2.45, 2.75) is 13.3 Å². The molecule has 0 unspecified atom stereocenters. The average molecular weight is 274 g/mol. The number of carbonyl (C=O) groups excluding carboxylic acids is 1. The summed E-state index contributed by atoms with van der Waals surface area (Å²) in [6, 6.07) is 3.41. The van der Waals surface area contributed by atoms with Crippen molar-refractivity contribution in [1.29, 1.82) is 0 Å². The molecule has 1 aromatic heterocycles. The van der Waals surface area contributed by atoms with Crippen LogP contribution in [0.1, 0.15) is 23.8 Å². The van der Waals surface area contributed by atoms with E-state index in [2.05, 4.69) is 25.7 Å². The number of methoxy groups -OCH3 is 1. The third kappa shape index (κ3) is 3.20. The summed E-state index contributed by atoms with van der Waals surface area (Å²) in [5.74, 6) is -0.0469. The van der Waals surface area contributed by atoms with Gasteiger partial charge in [0.2, 0.25) is 0 Å². The number of rotatable bonds is 4. The summed E-state index contributed by atoms with van der Waals surface area (Å²) < 4.78 is 10.6. The molecule has 0 saturated carbocycles. The summed E-state index contributed by atoms with van der Waals surface area (Å²) in [5, 5.41) is 0. The minimum absolute atomic E-state index is 0.195. The summed E-state index contributed by atoms with van der Waals surface area (Å²) in [6.45, 7) is 2.54. The molecule has 0 N–H and O–H groups in total. The Morgan fingerprint density at radius 1 is 1.53 bits per heavy atom. The molecule has 0 aromatic carbocycles. The quantitative estimate of drug-likeness (QED) is 0.625. The maximum Gasteiger partial charge on any atom is 0.360 e. The largest absolute Gasteiger partial charge is 0.491 e. The Balaban J connectivity index is 2.97. The van der Waals surface area contributed by atoms with Crippen LogP contribution in [0.25, 0.3) is 0 Å². The smallest absolute Gasteiger partial charge is 0.360 e. The predicted octanol–water partition coefficient (Wildman–Crippen LogP) is 2.42. The number of esters is 1. The van der Waals surface area contributed by atoms with Crippen LogP contribution in [0, 0.1) is 0 Å². The molecule has 4 nitrogen and oxygen atoms in total. The fourth-order valence-corrected chi connectivity index (χ4v) is 1.30. The van der Waals surface area contributed by atoms with Gasteiger partial charge in [-0.3, -0.25) is 0 Å². The van der Waals surface area contributed by atoms with Crippen LogP contribution in [-0.4, -0.2) is 24.7 Å². The van der Waals surface area contributed by atoms with E-state index in [0.717, 1.165) is 6.42 Å². The van der Waals surface area contributed by atoms with Gasteiger partial charge in [0.1, 0.15) is 4.60 Å². The molecule has 1 rings (SSSR count). The summed E-state index contributed by atoms with van der Waals surface area (Å²) in [4.78, 5) is 15.4. The van der Waals surface area contributed by atoms with Gasteiger partial charge in [-0.15, -0.1) is 0 Å². The molecule has 0 saturated heterocycles. The van der Waals surface area contributed by atoms with E-state index in [1.807, 2.05) is 6.92 Å². The van der Waals surface area contributed by atoms with Gasteiger partial charge in [0, 0.05) is 0 Å². The molecule has 0 aliphatic rings. The molecule has 1 heterocycles. The highest BCUT2D eigenvalue weighted by molar-refractivity contribution is 9.10. The zero-order valence-electron chi connectivity index (χ0n) is 8.62. The van der Waals surface area contributed by atoms with Gasteiger partial charge >= 0.3 is 5.97 Å². The Bertz CT molecular complexity index is 355. The van der Waals surface area contributed by atoms with Gasteiger partial charge in [-0.1, -0.05) is 6.92 Å². The number of ether oxygens (including phenoxy) is 2. The lowest BCUT2D eigenvalue weighted by atomic mass is 10.3. The van der Waals surface area contributed by atoms with E-state index >= 15 is 0 Å². The van der Waals surface area contributed by atoms with Crippen LogP contribution in [0.3, 0.4) is 0 Å². The van der Waals surface area contributed by atoms with Crippen LogP contribution in [-0.2, 0) is 4.74 Å². The van der Waals surface area contributed by atoms with E-state index in [1.165, 1.54) is 7.11 Å². The minimum Gasteiger partial charge on any atom is -0.491 e. The summed E-state index contributed by atoms with van der Waals surface area (Å²) in [6.07, 6.45) is 0.872.